The highest BCUT2D eigenvalue weighted by atomic mass is 32.1. The van der Waals surface area contributed by atoms with Crippen LogP contribution in [0.1, 0.15) is 46.4 Å². The Morgan fingerprint density at radius 2 is 1.76 bits per heavy atom. The van der Waals surface area contributed by atoms with Gasteiger partial charge in [-0.15, -0.1) is 11.3 Å². The predicted octanol–water partition coefficient (Wildman–Crippen LogP) is 4.61. The summed E-state index contributed by atoms with van der Waals surface area (Å²) in [6.07, 6.45) is 4.44. The zero-order valence-electron chi connectivity index (χ0n) is 18.5. The minimum absolute atomic E-state index is 0.0303. The van der Waals surface area contributed by atoms with Crippen molar-refractivity contribution in [2.24, 2.45) is 0 Å². The third kappa shape index (κ3) is 4.51. The summed E-state index contributed by atoms with van der Waals surface area (Å²) in [4.78, 5) is 28.8. The van der Waals surface area contributed by atoms with Gasteiger partial charge in [0.1, 0.15) is 0 Å². The van der Waals surface area contributed by atoms with E-state index in [2.05, 4.69) is 10.6 Å². The summed E-state index contributed by atoms with van der Waals surface area (Å²) < 4.78 is 0. The number of amides is 2. The molecule has 2 fully saturated rings. The van der Waals surface area contributed by atoms with Crippen LogP contribution >= 0.6 is 11.3 Å². The van der Waals surface area contributed by atoms with Gasteiger partial charge in [-0.3, -0.25) is 9.59 Å². The van der Waals surface area contributed by atoms with Crippen LogP contribution in [0.25, 0.3) is 10.4 Å². The Balaban J connectivity index is 1.24. The van der Waals surface area contributed by atoms with Crippen molar-refractivity contribution in [1.29, 1.82) is 0 Å². The third-order valence-corrected chi connectivity index (χ3v) is 7.76. The van der Waals surface area contributed by atoms with E-state index in [0.29, 0.717) is 22.5 Å². The molecule has 0 aliphatic carbocycles. The van der Waals surface area contributed by atoms with Gasteiger partial charge in [0.25, 0.3) is 11.8 Å². The van der Waals surface area contributed by atoms with E-state index in [4.69, 9.17) is 5.73 Å². The molecule has 3 heterocycles. The molecule has 2 saturated heterocycles. The molecule has 0 atom stereocenters. The molecule has 0 radical (unpaired) electrons. The van der Waals surface area contributed by atoms with E-state index in [1.54, 1.807) is 41.7 Å². The first-order chi connectivity index (χ1) is 16.0. The van der Waals surface area contributed by atoms with Gasteiger partial charge in [0.15, 0.2) is 0 Å². The topological polar surface area (TPSA) is 87.5 Å². The number of nitrogens with two attached hydrogens (primary N) is 1. The van der Waals surface area contributed by atoms with Crippen molar-refractivity contribution >= 4 is 34.5 Å². The van der Waals surface area contributed by atoms with E-state index >= 15 is 0 Å². The molecule has 2 aliphatic rings. The van der Waals surface area contributed by atoms with Crippen LogP contribution in [0.2, 0.25) is 0 Å². The van der Waals surface area contributed by atoms with Gasteiger partial charge in [0, 0.05) is 34.6 Å². The maximum atomic E-state index is 13.0. The number of anilines is 2. The fraction of sp³-hybridized carbons (Fsp3) is 0.308. The highest BCUT2D eigenvalue weighted by Gasteiger charge is 2.37. The van der Waals surface area contributed by atoms with Crippen LogP contribution in [0, 0.1) is 0 Å². The Bertz CT molecular complexity index is 1140. The number of hydrogen-bond acceptors (Lipinski definition) is 5. The number of hydrogen-bond donors (Lipinski definition) is 3. The number of nitrogens with one attached hydrogen (secondary N) is 2. The number of carbonyl (C=O) groups excluding carboxylic acids is 2. The monoisotopic (exact) mass is 460 g/mol. The average Bonchev–Trinajstić information content (AvgIpc) is 3.54. The number of thiophene rings is 1. The average molecular weight is 461 g/mol. The van der Waals surface area contributed by atoms with Gasteiger partial charge in [-0.25, -0.2) is 0 Å². The lowest BCUT2D eigenvalue weighted by Gasteiger charge is -2.39. The fourth-order valence-electron chi connectivity index (χ4n) is 4.84. The molecule has 33 heavy (non-hydrogen) atoms. The van der Waals surface area contributed by atoms with Gasteiger partial charge in [-0.05, 0) is 85.6 Å². The molecule has 6 nitrogen and oxygen atoms in total. The lowest BCUT2D eigenvalue weighted by molar-refractivity contribution is 0.0656. The second-order valence-corrected chi connectivity index (χ2v) is 9.86. The molecule has 2 amide bonds. The van der Waals surface area contributed by atoms with Gasteiger partial charge in [-0.2, -0.15) is 0 Å². The Labute approximate surface area is 197 Å². The van der Waals surface area contributed by atoms with Crippen LogP contribution in [0.3, 0.4) is 0 Å². The van der Waals surface area contributed by atoms with Crippen molar-refractivity contribution in [2.75, 3.05) is 30.7 Å². The number of nitrogens with zero attached hydrogens (tertiary/aromatic N) is 1. The first-order valence-corrected chi connectivity index (χ1v) is 12.3. The maximum absolute atomic E-state index is 13.0. The second kappa shape index (κ2) is 9.00. The van der Waals surface area contributed by atoms with E-state index in [1.807, 2.05) is 34.5 Å². The molecule has 0 saturated carbocycles. The van der Waals surface area contributed by atoms with Crippen LogP contribution in [-0.4, -0.2) is 41.9 Å². The summed E-state index contributed by atoms with van der Waals surface area (Å²) in [5, 5.41) is 8.56. The van der Waals surface area contributed by atoms with E-state index in [9.17, 15) is 9.59 Å². The van der Waals surface area contributed by atoms with Crippen LogP contribution < -0.4 is 16.4 Å². The summed E-state index contributed by atoms with van der Waals surface area (Å²) >= 11 is 1.63. The quantitative estimate of drug-likeness (QED) is 0.496. The summed E-state index contributed by atoms with van der Waals surface area (Å²) in [6, 6.07) is 16.5. The second-order valence-electron chi connectivity index (χ2n) is 8.91. The summed E-state index contributed by atoms with van der Waals surface area (Å²) in [5.74, 6) is -0.223. The molecule has 1 spiro atoms. The third-order valence-electron chi connectivity index (χ3n) is 6.84. The van der Waals surface area contributed by atoms with Gasteiger partial charge >= 0.3 is 0 Å². The Kier molecular flexibility index (Phi) is 5.91. The van der Waals surface area contributed by atoms with Crippen LogP contribution in [0.5, 0.6) is 0 Å². The van der Waals surface area contributed by atoms with E-state index in [1.165, 1.54) is 12.8 Å². The SMILES string of the molecule is Nc1ccc(-c2cccs2)cc1NC(=O)c1ccc(C(=O)N2CCC3(CCCN3)CC2)cc1. The molecule has 0 unspecified atom stereocenters. The molecule has 7 heteroatoms. The largest absolute Gasteiger partial charge is 0.397 e. The number of carbonyl (C=O) groups is 2. The maximum Gasteiger partial charge on any atom is 0.255 e. The molecule has 2 aromatic carbocycles. The molecule has 4 N–H and O–H groups in total. The van der Waals surface area contributed by atoms with Crippen molar-refractivity contribution in [1.82, 2.24) is 10.2 Å². The number of likely N-dealkylation sites (tertiary alicyclic amines) is 1. The number of benzene rings is 2. The summed E-state index contributed by atoms with van der Waals surface area (Å²) in [7, 11) is 0. The molecule has 3 aromatic rings. The predicted molar refractivity (Wildman–Crippen MR) is 134 cm³/mol. The first kappa shape index (κ1) is 21.7. The van der Waals surface area contributed by atoms with Gasteiger partial charge < -0.3 is 21.3 Å². The van der Waals surface area contributed by atoms with Crippen molar-refractivity contribution in [3.8, 4) is 10.4 Å². The van der Waals surface area contributed by atoms with Gasteiger partial charge in [0.05, 0.1) is 11.4 Å². The van der Waals surface area contributed by atoms with E-state index < -0.39 is 0 Å². The molecule has 0 bridgehead atoms. The van der Waals surface area contributed by atoms with Crippen LogP contribution in [0.4, 0.5) is 11.4 Å². The minimum atomic E-state index is -0.253. The Morgan fingerprint density at radius 1 is 1.00 bits per heavy atom. The van der Waals surface area contributed by atoms with Gasteiger partial charge in [-0.1, -0.05) is 12.1 Å². The van der Waals surface area contributed by atoms with Crippen LogP contribution in [0.15, 0.2) is 60.0 Å². The molecule has 2 aliphatic heterocycles. The van der Waals surface area contributed by atoms with Crippen LogP contribution in [-0.2, 0) is 0 Å². The van der Waals surface area contributed by atoms with E-state index in [-0.39, 0.29) is 17.4 Å². The zero-order valence-corrected chi connectivity index (χ0v) is 19.3. The van der Waals surface area contributed by atoms with E-state index in [0.717, 1.165) is 42.9 Å². The zero-order chi connectivity index (χ0) is 22.8. The molecular weight excluding hydrogens is 432 g/mol. The number of piperidine rings is 1. The summed E-state index contributed by atoms with van der Waals surface area (Å²) in [5.41, 5.74) is 9.52. The Morgan fingerprint density at radius 3 is 2.42 bits per heavy atom. The molecule has 170 valence electrons. The molecular formula is C26H28N4O2S. The van der Waals surface area contributed by atoms with Gasteiger partial charge in [0.2, 0.25) is 0 Å². The lowest BCUT2D eigenvalue weighted by Crippen LogP contribution is -2.51. The molecule has 1 aromatic heterocycles. The standard InChI is InChI=1S/C26H28N4O2S/c27-21-9-8-20(23-3-1-16-33-23)17-22(21)29-24(31)18-4-6-19(7-5-18)25(32)30-14-11-26(12-15-30)10-2-13-28-26/h1,3-9,16-17,28H,2,10-15,27H2,(H,29,31). The smallest absolute Gasteiger partial charge is 0.255 e. The first-order valence-electron chi connectivity index (χ1n) is 11.4. The van der Waals surface area contributed by atoms with Crippen molar-refractivity contribution in [3.05, 3.63) is 71.1 Å². The normalized spacial score (nSPS) is 17.3. The Hall–Kier alpha value is -3.16. The fourth-order valence-corrected chi connectivity index (χ4v) is 5.56. The van der Waals surface area contributed by atoms with Crippen molar-refractivity contribution < 1.29 is 9.59 Å². The highest BCUT2D eigenvalue weighted by Crippen LogP contribution is 2.32. The number of rotatable bonds is 4. The summed E-state index contributed by atoms with van der Waals surface area (Å²) in [6.45, 7) is 2.63. The highest BCUT2D eigenvalue weighted by molar-refractivity contribution is 7.13. The lowest BCUT2D eigenvalue weighted by atomic mass is 9.86. The van der Waals surface area contributed by atoms with Crippen molar-refractivity contribution in [3.63, 3.8) is 0 Å². The number of nitrogen functional groups attached to an aromatic ring is 1. The van der Waals surface area contributed by atoms with Crippen molar-refractivity contribution in [2.45, 2.75) is 31.2 Å². The molecule has 5 rings (SSSR count). The minimum Gasteiger partial charge on any atom is -0.397 e.